The van der Waals surface area contributed by atoms with Crippen LogP contribution in [-0.2, 0) is 0 Å². The zero-order valence-electron chi connectivity index (χ0n) is 17.5. The van der Waals surface area contributed by atoms with E-state index in [2.05, 4.69) is 29.0 Å². The number of nitrogens with zero attached hydrogens (tertiary/aromatic N) is 3. The summed E-state index contributed by atoms with van der Waals surface area (Å²) >= 11 is 9.33. The molecule has 4 aromatic rings. The SMILES string of the molecule is COc1ccc(C2CC(c3cccs3)=NN2c2nc(-c3ccc(Cl)cc3)cs2)cc1OC. The number of hydrogen-bond acceptors (Lipinski definition) is 7. The van der Waals surface area contributed by atoms with Crippen LogP contribution in [0.4, 0.5) is 5.13 Å². The molecule has 162 valence electrons. The van der Waals surface area contributed by atoms with E-state index in [-0.39, 0.29) is 6.04 Å². The molecule has 32 heavy (non-hydrogen) atoms. The highest BCUT2D eigenvalue weighted by Gasteiger charge is 2.32. The summed E-state index contributed by atoms with van der Waals surface area (Å²) in [4.78, 5) is 6.08. The molecule has 0 saturated carbocycles. The molecule has 0 aliphatic carbocycles. The van der Waals surface area contributed by atoms with Gasteiger partial charge in [0.25, 0.3) is 0 Å². The highest BCUT2D eigenvalue weighted by Crippen LogP contribution is 2.42. The highest BCUT2D eigenvalue weighted by molar-refractivity contribution is 7.14. The monoisotopic (exact) mass is 481 g/mol. The molecule has 1 aliphatic rings. The van der Waals surface area contributed by atoms with Gasteiger partial charge in [-0.15, -0.1) is 22.7 Å². The van der Waals surface area contributed by atoms with E-state index in [1.165, 1.54) is 4.88 Å². The van der Waals surface area contributed by atoms with Crippen molar-refractivity contribution >= 4 is 45.1 Å². The van der Waals surface area contributed by atoms with Crippen LogP contribution in [0.3, 0.4) is 0 Å². The quantitative estimate of drug-likeness (QED) is 0.300. The summed E-state index contributed by atoms with van der Waals surface area (Å²) < 4.78 is 11.0. The fourth-order valence-electron chi connectivity index (χ4n) is 3.72. The van der Waals surface area contributed by atoms with Gasteiger partial charge in [-0.05, 0) is 41.3 Å². The van der Waals surface area contributed by atoms with E-state index < -0.39 is 0 Å². The standard InChI is InChI=1S/C24H20ClN3O2S2/c1-29-21-10-7-16(12-22(21)30-2)20-13-18(23-4-3-11-31-23)27-28(20)24-26-19(14-32-24)15-5-8-17(25)9-6-15/h3-12,14,20H,13H2,1-2H3. The summed E-state index contributed by atoms with van der Waals surface area (Å²) in [5, 5.41) is 12.7. The van der Waals surface area contributed by atoms with Gasteiger partial charge in [-0.1, -0.05) is 35.9 Å². The Morgan fingerprint density at radius 3 is 2.53 bits per heavy atom. The van der Waals surface area contributed by atoms with E-state index in [1.54, 1.807) is 36.9 Å². The molecule has 2 aromatic heterocycles. The molecular formula is C24H20ClN3O2S2. The Balaban J connectivity index is 1.53. The Bertz CT molecular complexity index is 1250. The molecule has 0 fully saturated rings. The van der Waals surface area contributed by atoms with Crippen molar-refractivity contribution in [3.05, 3.63) is 80.8 Å². The van der Waals surface area contributed by atoms with Crippen LogP contribution < -0.4 is 14.5 Å². The summed E-state index contributed by atoms with van der Waals surface area (Å²) in [5.74, 6) is 1.41. The molecule has 8 heteroatoms. The second kappa shape index (κ2) is 8.94. The third-order valence-electron chi connectivity index (χ3n) is 5.34. The summed E-state index contributed by atoms with van der Waals surface area (Å²) in [6, 6.07) is 17.9. The van der Waals surface area contributed by atoms with Crippen LogP contribution in [0.25, 0.3) is 11.3 Å². The Labute approximate surface area is 199 Å². The molecular weight excluding hydrogens is 462 g/mol. The largest absolute Gasteiger partial charge is 0.493 e. The molecule has 3 heterocycles. The summed E-state index contributed by atoms with van der Waals surface area (Å²) in [5.41, 5.74) is 4.10. The number of thiophene rings is 1. The van der Waals surface area contributed by atoms with Crippen molar-refractivity contribution in [3.63, 3.8) is 0 Å². The lowest BCUT2D eigenvalue weighted by molar-refractivity contribution is 0.354. The number of ether oxygens (including phenoxy) is 2. The molecule has 1 atom stereocenters. The molecule has 0 amide bonds. The normalized spacial score (nSPS) is 15.7. The summed E-state index contributed by atoms with van der Waals surface area (Å²) in [7, 11) is 3.30. The minimum Gasteiger partial charge on any atom is -0.493 e. The molecule has 0 saturated heterocycles. The predicted molar refractivity (Wildman–Crippen MR) is 133 cm³/mol. The van der Waals surface area contributed by atoms with Crippen molar-refractivity contribution in [2.75, 3.05) is 19.2 Å². The van der Waals surface area contributed by atoms with Gasteiger partial charge in [-0.3, -0.25) is 0 Å². The molecule has 5 nitrogen and oxygen atoms in total. The first-order chi connectivity index (χ1) is 15.7. The number of hydrogen-bond donors (Lipinski definition) is 0. The van der Waals surface area contributed by atoms with Gasteiger partial charge in [0.15, 0.2) is 11.5 Å². The smallest absolute Gasteiger partial charge is 0.207 e. The number of thiazole rings is 1. The number of anilines is 1. The van der Waals surface area contributed by atoms with Crippen molar-refractivity contribution in [2.45, 2.75) is 12.5 Å². The maximum Gasteiger partial charge on any atom is 0.207 e. The molecule has 0 radical (unpaired) electrons. The van der Waals surface area contributed by atoms with Crippen molar-refractivity contribution in [2.24, 2.45) is 5.10 Å². The molecule has 2 aromatic carbocycles. The Morgan fingerprint density at radius 1 is 1.00 bits per heavy atom. The number of methoxy groups -OCH3 is 2. The lowest BCUT2D eigenvalue weighted by Crippen LogP contribution is -2.18. The molecule has 0 spiro atoms. The Kier molecular flexibility index (Phi) is 5.87. The van der Waals surface area contributed by atoms with Gasteiger partial charge in [0.1, 0.15) is 0 Å². The fraction of sp³-hybridized carbons (Fsp3) is 0.167. The number of benzene rings is 2. The van der Waals surface area contributed by atoms with Crippen LogP contribution in [0.5, 0.6) is 11.5 Å². The van der Waals surface area contributed by atoms with E-state index >= 15 is 0 Å². The van der Waals surface area contributed by atoms with Gasteiger partial charge in [0.05, 0.1) is 36.5 Å². The van der Waals surface area contributed by atoms with Crippen LogP contribution in [0, 0.1) is 0 Å². The van der Waals surface area contributed by atoms with Gasteiger partial charge in [-0.25, -0.2) is 9.99 Å². The second-order valence-electron chi connectivity index (χ2n) is 7.23. The van der Waals surface area contributed by atoms with Crippen LogP contribution >= 0.6 is 34.3 Å². The Morgan fingerprint density at radius 2 is 1.81 bits per heavy atom. The van der Waals surface area contributed by atoms with Crippen molar-refractivity contribution in [1.82, 2.24) is 4.98 Å². The average Bonchev–Trinajstić information content (AvgIpc) is 3.59. The lowest BCUT2D eigenvalue weighted by atomic mass is 10.0. The van der Waals surface area contributed by atoms with E-state index in [4.69, 9.17) is 31.2 Å². The zero-order chi connectivity index (χ0) is 22.1. The topological polar surface area (TPSA) is 47.0 Å². The molecule has 1 aliphatic heterocycles. The van der Waals surface area contributed by atoms with Crippen LogP contribution in [-0.4, -0.2) is 24.9 Å². The third-order valence-corrected chi connectivity index (χ3v) is 7.34. The number of hydrazone groups is 1. The summed E-state index contributed by atoms with van der Waals surface area (Å²) in [6.45, 7) is 0. The Hall–Kier alpha value is -2.87. The molecule has 0 N–H and O–H groups in total. The van der Waals surface area contributed by atoms with Gasteiger partial charge >= 0.3 is 0 Å². The van der Waals surface area contributed by atoms with Crippen LogP contribution in [0.15, 0.2) is 70.5 Å². The minimum atomic E-state index is 0.0103. The van der Waals surface area contributed by atoms with Gasteiger partial charge in [-0.2, -0.15) is 5.10 Å². The highest BCUT2D eigenvalue weighted by atomic mass is 35.5. The zero-order valence-corrected chi connectivity index (χ0v) is 19.9. The van der Waals surface area contributed by atoms with Crippen molar-refractivity contribution in [3.8, 4) is 22.8 Å². The molecule has 5 rings (SSSR count). The first kappa shape index (κ1) is 21.0. The number of aromatic nitrogens is 1. The average molecular weight is 482 g/mol. The number of rotatable bonds is 6. The van der Waals surface area contributed by atoms with Crippen molar-refractivity contribution in [1.29, 1.82) is 0 Å². The maximum atomic E-state index is 6.04. The van der Waals surface area contributed by atoms with E-state index in [0.29, 0.717) is 16.5 Å². The van der Waals surface area contributed by atoms with Crippen LogP contribution in [0.1, 0.15) is 22.9 Å². The van der Waals surface area contributed by atoms with Crippen LogP contribution in [0.2, 0.25) is 5.02 Å². The van der Waals surface area contributed by atoms with Gasteiger partial charge in [0, 0.05) is 22.4 Å². The first-order valence-corrected chi connectivity index (χ1v) is 12.1. The van der Waals surface area contributed by atoms with E-state index in [1.807, 2.05) is 41.4 Å². The van der Waals surface area contributed by atoms with Crippen molar-refractivity contribution < 1.29 is 9.47 Å². The molecule has 1 unspecified atom stereocenters. The predicted octanol–water partition coefficient (Wildman–Crippen LogP) is 6.90. The first-order valence-electron chi connectivity index (χ1n) is 10.00. The van der Waals surface area contributed by atoms with E-state index in [0.717, 1.165) is 34.1 Å². The van der Waals surface area contributed by atoms with Gasteiger partial charge < -0.3 is 9.47 Å². The van der Waals surface area contributed by atoms with E-state index in [9.17, 15) is 0 Å². The second-order valence-corrected chi connectivity index (χ2v) is 9.45. The maximum absolute atomic E-state index is 6.04. The third kappa shape index (κ3) is 3.99. The molecule has 0 bridgehead atoms. The lowest BCUT2D eigenvalue weighted by Gasteiger charge is -2.22. The van der Waals surface area contributed by atoms with Gasteiger partial charge in [0.2, 0.25) is 5.13 Å². The minimum absolute atomic E-state index is 0.0103. The number of halogens is 1. The fourth-order valence-corrected chi connectivity index (χ4v) is 5.40. The summed E-state index contributed by atoms with van der Waals surface area (Å²) in [6.07, 6.45) is 0.784.